The summed E-state index contributed by atoms with van der Waals surface area (Å²) in [5.74, 6) is 5.80. The van der Waals surface area contributed by atoms with Crippen LogP contribution in [0.25, 0.3) is 0 Å². The molecule has 1 aromatic heterocycles. The monoisotopic (exact) mass is 221 g/mol. The van der Waals surface area contributed by atoms with Gasteiger partial charge in [0.1, 0.15) is 0 Å². The van der Waals surface area contributed by atoms with Gasteiger partial charge in [-0.3, -0.25) is 9.59 Å². The van der Waals surface area contributed by atoms with Crippen molar-refractivity contribution >= 4 is 23.5 Å². The molecule has 0 bridgehead atoms. The van der Waals surface area contributed by atoms with Crippen molar-refractivity contribution in [2.75, 3.05) is 6.54 Å². The van der Waals surface area contributed by atoms with Crippen LogP contribution >= 0.6 is 11.3 Å². The first kappa shape index (κ1) is 11.5. The van der Waals surface area contributed by atoms with E-state index in [1.54, 1.807) is 6.07 Å². The second-order valence-corrected chi connectivity index (χ2v) is 3.83. The second-order valence-electron chi connectivity index (χ2n) is 2.89. The van der Waals surface area contributed by atoms with Gasteiger partial charge in [0.15, 0.2) is 6.29 Å². The minimum atomic E-state index is -0.0458. The van der Waals surface area contributed by atoms with E-state index in [0.29, 0.717) is 17.8 Å². The molecule has 0 aliphatic rings. The highest BCUT2D eigenvalue weighted by Gasteiger charge is 1.94. The molecule has 0 fully saturated rings. The van der Waals surface area contributed by atoms with Crippen molar-refractivity contribution < 1.29 is 9.59 Å². The molecule has 15 heavy (non-hydrogen) atoms. The predicted molar refractivity (Wildman–Crippen MR) is 59.9 cm³/mol. The molecule has 0 aliphatic carbocycles. The lowest BCUT2D eigenvalue weighted by atomic mass is 10.3. The number of rotatable bonds is 3. The Bertz CT molecular complexity index is 412. The van der Waals surface area contributed by atoms with E-state index >= 15 is 0 Å². The Morgan fingerprint density at radius 2 is 2.47 bits per heavy atom. The maximum atomic E-state index is 10.5. The predicted octanol–water partition coefficient (Wildman–Crippen LogP) is 1.44. The first-order valence-electron chi connectivity index (χ1n) is 4.49. The summed E-state index contributed by atoms with van der Waals surface area (Å²) in [6.45, 7) is 2.04. The minimum Gasteiger partial charge on any atom is -0.355 e. The summed E-state index contributed by atoms with van der Waals surface area (Å²) in [6, 6.07) is 1.75. The molecule has 0 spiro atoms. The lowest BCUT2D eigenvalue weighted by Crippen LogP contribution is -2.20. The highest BCUT2D eigenvalue weighted by Crippen LogP contribution is 2.10. The average molecular weight is 221 g/mol. The highest BCUT2D eigenvalue weighted by molar-refractivity contribution is 7.11. The summed E-state index contributed by atoms with van der Waals surface area (Å²) in [4.78, 5) is 21.6. The van der Waals surface area contributed by atoms with Crippen molar-refractivity contribution in [3.63, 3.8) is 0 Å². The summed E-state index contributed by atoms with van der Waals surface area (Å²) >= 11 is 1.38. The number of hydrogen-bond acceptors (Lipinski definition) is 3. The summed E-state index contributed by atoms with van der Waals surface area (Å²) < 4.78 is 0. The average Bonchev–Trinajstić information content (AvgIpc) is 2.65. The van der Waals surface area contributed by atoms with Crippen LogP contribution in [-0.4, -0.2) is 18.7 Å². The number of aldehydes is 1. The Hall–Kier alpha value is -1.60. The van der Waals surface area contributed by atoms with Gasteiger partial charge in [-0.2, -0.15) is 0 Å². The summed E-state index contributed by atoms with van der Waals surface area (Å²) in [5, 5.41) is 4.50. The molecule has 0 radical (unpaired) electrons. The zero-order valence-electron chi connectivity index (χ0n) is 8.37. The van der Waals surface area contributed by atoms with Crippen LogP contribution in [0.3, 0.4) is 0 Å². The van der Waals surface area contributed by atoms with E-state index in [4.69, 9.17) is 0 Å². The standard InChI is InChI=1S/C11H11NO2S/c1-9(14)12-5-3-2-4-10-6-11(7-13)15-8-10/h6-8H,3,5H2,1H3,(H,12,14). The van der Waals surface area contributed by atoms with Gasteiger partial charge in [-0.1, -0.05) is 11.8 Å². The fourth-order valence-electron chi connectivity index (χ4n) is 0.946. The topological polar surface area (TPSA) is 46.2 Å². The van der Waals surface area contributed by atoms with Crippen LogP contribution in [0.15, 0.2) is 11.4 Å². The van der Waals surface area contributed by atoms with Crippen molar-refractivity contribution in [1.82, 2.24) is 5.32 Å². The van der Waals surface area contributed by atoms with E-state index in [-0.39, 0.29) is 5.91 Å². The van der Waals surface area contributed by atoms with Gasteiger partial charge in [0.05, 0.1) is 4.88 Å². The molecular weight excluding hydrogens is 210 g/mol. The number of thiophene rings is 1. The van der Waals surface area contributed by atoms with E-state index in [1.165, 1.54) is 18.3 Å². The molecule has 0 aliphatic heterocycles. The number of amides is 1. The lowest BCUT2D eigenvalue weighted by molar-refractivity contribution is -0.118. The molecule has 78 valence electrons. The zero-order chi connectivity index (χ0) is 11.1. The van der Waals surface area contributed by atoms with E-state index in [0.717, 1.165) is 11.8 Å². The molecule has 1 rings (SSSR count). The van der Waals surface area contributed by atoms with Gasteiger partial charge in [-0.05, 0) is 6.07 Å². The fourth-order valence-corrected chi connectivity index (χ4v) is 1.59. The molecule has 1 aromatic rings. The Labute approximate surface area is 92.5 Å². The molecule has 0 unspecified atom stereocenters. The Morgan fingerprint density at radius 3 is 3.07 bits per heavy atom. The van der Waals surface area contributed by atoms with Crippen molar-refractivity contribution in [2.45, 2.75) is 13.3 Å². The van der Waals surface area contributed by atoms with Gasteiger partial charge in [-0.25, -0.2) is 0 Å². The molecule has 0 atom stereocenters. The van der Waals surface area contributed by atoms with Crippen molar-refractivity contribution in [3.05, 3.63) is 21.9 Å². The number of carbonyl (C=O) groups is 2. The summed E-state index contributed by atoms with van der Waals surface area (Å²) in [6.07, 6.45) is 1.43. The second kappa shape index (κ2) is 5.99. The van der Waals surface area contributed by atoms with E-state index in [2.05, 4.69) is 17.2 Å². The summed E-state index contributed by atoms with van der Waals surface area (Å²) in [5.41, 5.74) is 0.852. The number of hydrogen-bond donors (Lipinski definition) is 1. The summed E-state index contributed by atoms with van der Waals surface area (Å²) in [7, 11) is 0. The normalized spacial score (nSPS) is 8.87. The van der Waals surface area contributed by atoms with Crippen LogP contribution in [0, 0.1) is 11.8 Å². The Kier molecular flexibility index (Phi) is 4.58. The SMILES string of the molecule is CC(=O)NCCC#Cc1csc(C=O)c1. The minimum absolute atomic E-state index is 0.0458. The first-order chi connectivity index (χ1) is 7.22. The molecule has 3 nitrogen and oxygen atoms in total. The smallest absolute Gasteiger partial charge is 0.216 e. The highest BCUT2D eigenvalue weighted by atomic mass is 32.1. The molecule has 0 saturated carbocycles. The first-order valence-corrected chi connectivity index (χ1v) is 5.37. The fraction of sp³-hybridized carbons (Fsp3) is 0.273. The molecule has 1 amide bonds. The molecule has 0 aromatic carbocycles. The van der Waals surface area contributed by atoms with Gasteiger partial charge >= 0.3 is 0 Å². The van der Waals surface area contributed by atoms with Crippen LogP contribution in [-0.2, 0) is 4.79 Å². The number of nitrogens with one attached hydrogen (secondary N) is 1. The quantitative estimate of drug-likeness (QED) is 0.477. The van der Waals surface area contributed by atoms with Crippen LogP contribution in [0.5, 0.6) is 0 Å². The molecular formula is C11H11NO2S. The van der Waals surface area contributed by atoms with Gasteiger partial charge in [-0.15, -0.1) is 11.3 Å². The van der Waals surface area contributed by atoms with Gasteiger partial charge in [0.25, 0.3) is 0 Å². The Morgan fingerprint density at radius 1 is 1.67 bits per heavy atom. The van der Waals surface area contributed by atoms with Crippen LogP contribution in [0.1, 0.15) is 28.6 Å². The zero-order valence-corrected chi connectivity index (χ0v) is 9.19. The van der Waals surface area contributed by atoms with Gasteiger partial charge < -0.3 is 5.32 Å². The molecule has 1 heterocycles. The number of carbonyl (C=O) groups excluding carboxylic acids is 2. The third-order valence-corrected chi connectivity index (χ3v) is 2.45. The van der Waals surface area contributed by atoms with Crippen LogP contribution in [0.4, 0.5) is 0 Å². The van der Waals surface area contributed by atoms with Crippen LogP contribution in [0.2, 0.25) is 0 Å². The van der Waals surface area contributed by atoms with E-state index < -0.39 is 0 Å². The van der Waals surface area contributed by atoms with Crippen molar-refractivity contribution in [1.29, 1.82) is 0 Å². The maximum Gasteiger partial charge on any atom is 0.216 e. The third kappa shape index (κ3) is 4.43. The van der Waals surface area contributed by atoms with Crippen LogP contribution < -0.4 is 5.32 Å². The largest absolute Gasteiger partial charge is 0.355 e. The Balaban J connectivity index is 2.37. The van der Waals surface area contributed by atoms with E-state index in [9.17, 15) is 9.59 Å². The maximum absolute atomic E-state index is 10.5. The van der Waals surface area contributed by atoms with Crippen molar-refractivity contribution in [2.24, 2.45) is 0 Å². The molecule has 4 heteroatoms. The van der Waals surface area contributed by atoms with Gasteiger partial charge in [0, 0.05) is 30.8 Å². The third-order valence-electron chi connectivity index (χ3n) is 1.59. The van der Waals surface area contributed by atoms with E-state index in [1.807, 2.05) is 5.38 Å². The lowest BCUT2D eigenvalue weighted by Gasteiger charge is -1.94. The van der Waals surface area contributed by atoms with Gasteiger partial charge in [0.2, 0.25) is 5.91 Å². The molecule has 0 saturated heterocycles. The molecule has 1 N–H and O–H groups in total. The van der Waals surface area contributed by atoms with Crippen molar-refractivity contribution in [3.8, 4) is 11.8 Å².